The molecule has 0 amide bonds. The van der Waals surface area contributed by atoms with E-state index in [1.54, 1.807) is 38.6 Å². The lowest BCUT2D eigenvalue weighted by Gasteiger charge is -2.06. The summed E-state index contributed by atoms with van der Waals surface area (Å²) >= 11 is 1.32. The van der Waals surface area contributed by atoms with Crippen molar-refractivity contribution in [3.05, 3.63) is 65.5 Å². The van der Waals surface area contributed by atoms with E-state index in [0.717, 1.165) is 15.6 Å². The summed E-state index contributed by atoms with van der Waals surface area (Å²) in [6.45, 7) is 4.97. The maximum absolute atomic E-state index is 12.9. The van der Waals surface area contributed by atoms with E-state index in [1.807, 2.05) is 6.07 Å². The van der Waals surface area contributed by atoms with Crippen LogP contribution in [0.15, 0.2) is 60.0 Å². The normalized spacial score (nSPS) is 12.4. The largest absolute Gasteiger partial charge is 0.496 e. The molecule has 0 aliphatic carbocycles. The highest BCUT2D eigenvalue weighted by Gasteiger charge is 2.15. The Hall–Kier alpha value is -2.73. The van der Waals surface area contributed by atoms with E-state index in [4.69, 9.17) is 4.74 Å². The predicted octanol–water partition coefficient (Wildman–Crippen LogP) is 4.52. The molecule has 24 heavy (non-hydrogen) atoms. The quantitative estimate of drug-likeness (QED) is 0.655. The molecule has 0 radical (unpaired) electrons. The van der Waals surface area contributed by atoms with Gasteiger partial charge in [-0.25, -0.2) is 9.37 Å². The van der Waals surface area contributed by atoms with Crippen LogP contribution in [0.25, 0.3) is 26.0 Å². The summed E-state index contributed by atoms with van der Waals surface area (Å²) < 4.78 is 20.3. The van der Waals surface area contributed by atoms with Crippen LogP contribution >= 0.6 is 11.3 Å². The number of methoxy groups -OCH3 is 1. The average molecular weight is 342 g/mol. The number of ether oxygens (including phenoxy) is 1. The molecule has 4 nitrogen and oxygen atoms in total. The second-order valence-electron chi connectivity index (χ2n) is 5.02. The number of halogens is 1. The highest BCUT2D eigenvalue weighted by atomic mass is 32.1. The van der Waals surface area contributed by atoms with Gasteiger partial charge in [-0.15, -0.1) is 11.3 Å². The number of rotatable bonds is 4. The van der Waals surface area contributed by atoms with Gasteiger partial charge in [0.2, 0.25) is 0 Å². The Morgan fingerprint density at radius 2 is 2.21 bits per heavy atom. The van der Waals surface area contributed by atoms with E-state index in [2.05, 4.69) is 11.6 Å². The van der Waals surface area contributed by atoms with Crippen LogP contribution in [0.1, 0.15) is 6.92 Å². The summed E-state index contributed by atoms with van der Waals surface area (Å²) in [5.41, 5.74) is 0.387. The van der Waals surface area contributed by atoms with Gasteiger partial charge in [0.1, 0.15) is 21.1 Å². The molecule has 0 unspecified atom stereocenters. The lowest BCUT2D eigenvalue weighted by molar-refractivity contribution is 0.420. The zero-order chi connectivity index (χ0) is 17.3. The first-order valence-electron chi connectivity index (χ1n) is 7.23. The monoisotopic (exact) mass is 342 g/mol. The Bertz CT molecular complexity index is 1060. The van der Waals surface area contributed by atoms with Gasteiger partial charge in [0, 0.05) is 23.5 Å². The molecular formula is C18H15FN2O2S. The Labute approximate surface area is 141 Å². The van der Waals surface area contributed by atoms with Gasteiger partial charge < -0.3 is 4.74 Å². The van der Waals surface area contributed by atoms with Crippen molar-refractivity contribution in [2.24, 2.45) is 0 Å². The first-order chi connectivity index (χ1) is 11.6. The smallest absolute Gasteiger partial charge is 0.273 e. The molecule has 0 bridgehead atoms. The van der Waals surface area contributed by atoms with E-state index >= 15 is 0 Å². The fourth-order valence-corrected chi connectivity index (χ4v) is 3.61. The van der Waals surface area contributed by atoms with Crippen molar-refractivity contribution in [1.82, 2.24) is 9.55 Å². The standard InChI is InChI=1S/C18H15FN2O2S/c1-4-12(6-5-11(2)19)21-10-8-13-15-14(23-3)7-9-20-17(15)24-16(13)18(21)22/h4-10H,2H2,1,3H3/b6-5-,12-4+. The van der Waals surface area contributed by atoms with Crippen LogP contribution in [0, 0.1) is 0 Å². The molecule has 0 saturated heterocycles. The summed E-state index contributed by atoms with van der Waals surface area (Å²) in [7, 11) is 1.59. The third-order valence-corrected chi connectivity index (χ3v) is 4.72. The lowest BCUT2D eigenvalue weighted by atomic mass is 10.2. The molecule has 122 valence electrons. The summed E-state index contributed by atoms with van der Waals surface area (Å²) in [5.74, 6) is 0.113. The molecule has 0 fully saturated rings. The van der Waals surface area contributed by atoms with E-state index < -0.39 is 5.83 Å². The predicted molar refractivity (Wildman–Crippen MR) is 97.3 cm³/mol. The number of nitrogens with zero attached hydrogens (tertiary/aromatic N) is 2. The minimum Gasteiger partial charge on any atom is -0.496 e. The summed E-state index contributed by atoms with van der Waals surface area (Å²) in [4.78, 5) is 17.9. The SMILES string of the molecule is C=C(F)/C=C\C(=C/C)n1ccc2c(sc3nccc(OC)c32)c1=O. The number of allylic oxidation sites excluding steroid dienone is 5. The molecule has 0 saturated carbocycles. The molecule has 0 aliphatic rings. The van der Waals surface area contributed by atoms with Gasteiger partial charge >= 0.3 is 0 Å². The van der Waals surface area contributed by atoms with Crippen LogP contribution in [-0.2, 0) is 0 Å². The van der Waals surface area contributed by atoms with Crippen LogP contribution in [0.4, 0.5) is 4.39 Å². The maximum Gasteiger partial charge on any atom is 0.273 e. The van der Waals surface area contributed by atoms with E-state index in [0.29, 0.717) is 16.1 Å². The van der Waals surface area contributed by atoms with Gasteiger partial charge in [-0.2, -0.15) is 0 Å². The Morgan fingerprint density at radius 3 is 2.88 bits per heavy atom. The molecule has 0 aliphatic heterocycles. The molecule has 3 heterocycles. The van der Waals surface area contributed by atoms with Crippen LogP contribution in [0.5, 0.6) is 5.75 Å². The van der Waals surface area contributed by atoms with Crippen LogP contribution < -0.4 is 10.3 Å². The minimum absolute atomic E-state index is 0.181. The third-order valence-electron chi connectivity index (χ3n) is 3.62. The number of fused-ring (bicyclic) bond motifs is 3. The zero-order valence-corrected chi connectivity index (χ0v) is 14.1. The van der Waals surface area contributed by atoms with Crippen LogP contribution in [-0.4, -0.2) is 16.7 Å². The highest BCUT2D eigenvalue weighted by molar-refractivity contribution is 7.25. The number of hydrogen-bond donors (Lipinski definition) is 0. The highest BCUT2D eigenvalue weighted by Crippen LogP contribution is 2.36. The van der Waals surface area contributed by atoms with Gasteiger partial charge in [0.25, 0.3) is 5.56 Å². The molecule has 3 rings (SSSR count). The summed E-state index contributed by atoms with van der Waals surface area (Å²) in [6.07, 6.45) is 7.80. The molecular weight excluding hydrogens is 327 g/mol. The van der Waals surface area contributed by atoms with Gasteiger partial charge in [0.05, 0.1) is 12.5 Å². The van der Waals surface area contributed by atoms with Gasteiger partial charge in [0.15, 0.2) is 0 Å². The number of pyridine rings is 2. The van der Waals surface area contributed by atoms with Crippen LogP contribution in [0.3, 0.4) is 0 Å². The Kier molecular flexibility index (Phi) is 4.31. The first kappa shape index (κ1) is 16.1. The van der Waals surface area contributed by atoms with Crippen molar-refractivity contribution in [3.63, 3.8) is 0 Å². The summed E-state index contributed by atoms with van der Waals surface area (Å²) in [6, 6.07) is 3.62. The van der Waals surface area contributed by atoms with E-state index in [9.17, 15) is 9.18 Å². The fourth-order valence-electron chi connectivity index (χ4n) is 2.53. The van der Waals surface area contributed by atoms with Gasteiger partial charge in [-0.3, -0.25) is 9.36 Å². The topological polar surface area (TPSA) is 44.1 Å². The van der Waals surface area contributed by atoms with Gasteiger partial charge in [-0.1, -0.05) is 12.7 Å². The second-order valence-corrected chi connectivity index (χ2v) is 6.02. The fraction of sp³-hybridized carbons (Fsp3) is 0.111. The summed E-state index contributed by atoms with van der Waals surface area (Å²) in [5, 5.41) is 1.63. The number of thiophene rings is 1. The molecule has 0 atom stereocenters. The number of hydrogen-bond acceptors (Lipinski definition) is 4. The molecule has 0 aromatic carbocycles. The lowest BCUT2D eigenvalue weighted by Crippen LogP contribution is -2.17. The first-order valence-corrected chi connectivity index (χ1v) is 8.04. The van der Waals surface area contributed by atoms with Crippen molar-refractivity contribution >= 4 is 37.3 Å². The number of aromatic nitrogens is 2. The molecule has 3 aromatic heterocycles. The van der Waals surface area contributed by atoms with Gasteiger partial charge in [-0.05, 0) is 31.2 Å². The minimum atomic E-state index is -0.570. The van der Waals surface area contributed by atoms with Crippen molar-refractivity contribution in [2.45, 2.75) is 6.92 Å². The van der Waals surface area contributed by atoms with E-state index in [-0.39, 0.29) is 5.56 Å². The Morgan fingerprint density at radius 1 is 1.42 bits per heavy atom. The second kappa shape index (κ2) is 6.41. The molecule has 6 heteroatoms. The molecule has 0 spiro atoms. The van der Waals surface area contributed by atoms with Crippen molar-refractivity contribution < 1.29 is 9.13 Å². The molecule has 0 N–H and O–H groups in total. The molecule has 3 aromatic rings. The van der Waals surface area contributed by atoms with Crippen molar-refractivity contribution in [3.8, 4) is 5.75 Å². The Balaban J connectivity index is 2.28. The van der Waals surface area contributed by atoms with Crippen molar-refractivity contribution in [2.75, 3.05) is 7.11 Å². The van der Waals surface area contributed by atoms with E-state index in [1.165, 1.54) is 28.1 Å². The zero-order valence-electron chi connectivity index (χ0n) is 13.2. The maximum atomic E-state index is 12.9. The third kappa shape index (κ3) is 2.65. The van der Waals surface area contributed by atoms with Crippen molar-refractivity contribution in [1.29, 1.82) is 0 Å². The van der Waals surface area contributed by atoms with Crippen LogP contribution in [0.2, 0.25) is 0 Å². The average Bonchev–Trinajstić information content (AvgIpc) is 2.96.